The zero-order chi connectivity index (χ0) is 12.1. The highest BCUT2D eigenvalue weighted by atomic mass is 35.5. The molecule has 0 saturated carbocycles. The molecule has 0 spiro atoms. The predicted molar refractivity (Wildman–Crippen MR) is 71.5 cm³/mol. The Morgan fingerprint density at radius 1 is 1.35 bits per heavy atom. The van der Waals surface area contributed by atoms with E-state index < -0.39 is 0 Å². The lowest BCUT2D eigenvalue weighted by Gasteiger charge is -2.26. The standard InChI is InChI=1S/C12H16ClNO2S/c13-12-10(2-1-3-11(12)17)16-9-6-14-4-7-15-8-5-14/h1-3,17H,4-9H2. The Morgan fingerprint density at radius 2 is 2.12 bits per heavy atom. The van der Waals surface area contributed by atoms with Crippen LogP contribution in [0.2, 0.25) is 5.02 Å². The number of ether oxygens (including phenoxy) is 2. The third-order valence-corrected chi connectivity index (χ3v) is 3.61. The molecule has 1 saturated heterocycles. The molecule has 1 fully saturated rings. The van der Waals surface area contributed by atoms with E-state index in [2.05, 4.69) is 17.5 Å². The van der Waals surface area contributed by atoms with E-state index in [9.17, 15) is 0 Å². The van der Waals surface area contributed by atoms with Crippen LogP contribution in [0.15, 0.2) is 23.1 Å². The Kier molecular flexibility index (Phi) is 4.98. The van der Waals surface area contributed by atoms with Crippen molar-refractivity contribution in [2.45, 2.75) is 4.90 Å². The topological polar surface area (TPSA) is 21.7 Å². The van der Waals surface area contributed by atoms with Crippen molar-refractivity contribution < 1.29 is 9.47 Å². The summed E-state index contributed by atoms with van der Waals surface area (Å²) in [5, 5.41) is 0.581. The molecular weight excluding hydrogens is 258 g/mol. The Hall–Kier alpha value is -0.420. The molecule has 0 radical (unpaired) electrons. The van der Waals surface area contributed by atoms with Crippen LogP contribution in [-0.4, -0.2) is 44.4 Å². The first kappa shape index (κ1) is 13.0. The monoisotopic (exact) mass is 273 g/mol. The Morgan fingerprint density at radius 3 is 2.88 bits per heavy atom. The minimum atomic E-state index is 0.581. The van der Waals surface area contributed by atoms with Gasteiger partial charge in [0.15, 0.2) is 0 Å². The quantitative estimate of drug-likeness (QED) is 0.851. The van der Waals surface area contributed by atoms with Gasteiger partial charge in [-0.25, -0.2) is 0 Å². The molecule has 3 nitrogen and oxygen atoms in total. The van der Waals surface area contributed by atoms with Crippen molar-refractivity contribution in [3.05, 3.63) is 23.2 Å². The minimum absolute atomic E-state index is 0.581. The summed E-state index contributed by atoms with van der Waals surface area (Å²) in [5.41, 5.74) is 0. The average Bonchev–Trinajstić information content (AvgIpc) is 2.36. The number of hydrogen-bond acceptors (Lipinski definition) is 4. The first-order valence-electron chi connectivity index (χ1n) is 5.68. The minimum Gasteiger partial charge on any atom is -0.491 e. The average molecular weight is 274 g/mol. The molecule has 1 aliphatic rings. The summed E-state index contributed by atoms with van der Waals surface area (Å²) in [6, 6.07) is 5.60. The van der Waals surface area contributed by atoms with Crippen molar-refractivity contribution >= 4 is 24.2 Å². The number of thiol groups is 1. The van der Waals surface area contributed by atoms with Crippen LogP contribution in [0.1, 0.15) is 0 Å². The predicted octanol–water partition coefficient (Wildman–Crippen LogP) is 2.34. The summed E-state index contributed by atoms with van der Waals surface area (Å²) >= 11 is 10.3. The molecule has 0 aromatic heterocycles. The number of nitrogens with zero attached hydrogens (tertiary/aromatic N) is 1. The van der Waals surface area contributed by atoms with Gasteiger partial charge in [0.05, 0.1) is 18.2 Å². The second-order valence-corrected chi connectivity index (χ2v) is 4.75. The Balaban J connectivity index is 1.79. The lowest BCUT2D eigenvalue weighted by Crippen LogP contribution is -2.38. The van der Waals surface area contributed by atoms with Crippen molar-refractivity contribution in [3.63, 3.8) is 0 Å². The van der Waals surface area contributed by atoms with Gasteiger partial charge in [-0.15, -0.1) is 12.6 Å². The van der Waals surface area contributed by atoms with Gasteiger partial charge in [-0.2, -0.15) is 0 Å². The van der Waals surface area contributed by atoms with Crippen LogP contribution in [0.25, 0.3) is 0 Å². The fourth-order valence-corrected chi connectivity index (χ4v) is 2.10. The van der Waals surface area contributed by atoms with Gasteiger partial charge in [0.2, 0.25) is 0 Å². The van der Waals surface area contributed by atoms with Crippen molar-refractivity contribution in [1.29, 1.82) is 0 Å². The molecule has 1 heterocycles. The summed E-state index contributed by atoms with van der Waals surface area (Å²) in [7, 11) is 0. The summed E-state index contributed by atoms with van der Waals surface area (Å²) in [6.07, 6.45) is 0. The summed E-state index contributed by atoms with van der Waals surface area (Å²) in [5.74, 6) is 0.701. The van der Waals surface area contributed by atoms with Crippen LogP contribution in [-0.2, 0) is 4.74 Å². The SMILES string of the molecule is Sc1cccc(OCCN2CCOCC2)c1Cl. The number of halogens is 1. The molecule has 5 heteroatoms. The van der Waals surface area contributed by atoms with Gasteiger partial charge < -0.3 is 9.47 Å². The highest BCUT2D eigenvalue weighted by molar-refractivity contribution is 7.80. The first-order chi connectivity index (χ1) is 8.27. The van der Waals surface area contributed by atoms with E-state index in [0.717, 1.165) is 37.7 Å². The smallest absolute Gasteiger partial charge is 0.139 e. The number of hydrogen-bond donors (Lipinski definition) is 1. The summed E-state index contributed by atoms with van der Waals surface area (Å²) in [6.45, 7) is 5.11. The zero-order valence-corrected chi connectivity index (χ0v) is 11.2. The largest absolute Gasteiger partial charge is 0.491 e. The van der Waals surface area contributed by atoms with Gasteiger partial charge in [-0.05, 0) is 12.1 Å². The van der Waals surface area contributed by atoms with E-state index in [-0.39, 0.29) is 0 Å². The zero-order valence-electron chi connectivity index (χ0n) is 9.56. The molecule has 0 atom stereocenters. The summed E-state index contributed by atoms with van der Waals surface area (Å²) in [4.78, 5) is 3.07. The van der Waals surface area contributed by atoms with E-state index in [1.54, 1.807) is 0 Å². The molecule has 0 aliphatic carbocycles. The van der Waals surface area contributed by atoms with Gasteiger partial charge in [0.1, 0.15) is 12.4 Å². The van der Waals surface area contributed by atoms with E-state index in [1.165, 1.54) is 0 Å². The van der Waals surface area contributed by atoms with Gasteiger partial charge >= 0.3 is 0 Å². The van der Waals surface area contributed by atoms with Gasteiger partial charge in [-0.3, -0.25) is 4.90 Å². The molecule has 0 N–H and O–H groups in total. The van der Waals surface area contributed by atoms with Crippen molar-refractivity contribution in [3.8, 4) is 5.75 Å². The van der Waals surface area contributed by atoms with E-state index in [4.69, 9.17) is 21.1 Å². The molecule has 0 bridgehead atoms. The molecule has 1 aromatic carbocycles. The normalized spacial score (nSPS) is 17.1. The highest BCUT2D eigenvalue weighted by Crippen LogP contribution is 2.30. The molecule has 0 unspecified atom stereocenters. The molecular formula is C12H16ClNO2S. The van der Waals surface area contributed by atoms with Gasteiger partial charge in [-0.1, -0.05) is 17.7 Å². The molecule has 1 aliphatic heterocycles. The van der Waals surface area contributed by atoms with Crippen LogP contribution >= 0.6 is 24.2 Å². The van der Waals surface area contributed by atoms with Crippen molar-refractivity contribution in [1.82, 2.24) is 4.90 Å². The van der Waals surface area contributed by atoms with Gasteiger partial charge in [0, 0.05) is 24.5 Å². The van der Waals surface area contributed by atoms with Gasteiger partial charge in [0.25, 0.3) is 0 Å². The van der Waals surface area contributed by atoms with E-state index >= 15 is 0 Å². The van der Waals surface area contributed by atoms with Crippen LogP contribution in [0, 0.1) is 0 Å². The first-order valence-corrected chi connectivity index (χ1v) is 6.50. The third-order valence-electron chi connectivity index (χ3n) is 2.71. The summed E-state index contributed by atoms with van der Waals surface area (Å²) < 4.78 is 10.9. The third kappa shape index (κ3) is 3.78. The number of benzene rings is 1. The van der Waals surface area contributed by atoms with Crippen LogP contribution in [0.4, 0.5) is 0 Å². The lowest BCUT2D eigenvalue weighted by molar-refractivity contribution is 0.0322. The van der Waals surface area contributed by atoms with Crippen LogP contribution < -0.4 is 4.74 Å². The maximum atomic E-state index is 6.08. The fraction of sp³-hybridized carbons (Fsp3) is 0.500. The van der Waals surface area contributed by atoms with Crippen molar-refractivity contribution in [2.75, 3.05) is 39.5 Å². The van der Waals surface area contributed by atoms with E-state index in [1.807, 2.05) is 18.2 Å². The van der Waals surface area contributed by atoms with Crippen molar-refractivity contribution in [2.24, 2.45) is 0 Å². The molecule has 2 rings (SSSR count). The maximum absolute atomic E-state index is 6.08. The second kappa shape index (κ2) is 6.50. The molecule has 94 valence electrons. The molecule has 17 heavy (non-hydrogen) atoms. The molecule has 0 amide bonds. The molecule has 1 aromatic rings. The fourth-order valence-electron chi connectivity index (χ4n) is 1.72. The second-order valence-electron chi connectivity index (χ2n) is 3.89. The number of morpholine rings is 1. The lowest BCUT2D eigenvalue weighted by atomic mass is 10.3. The van der Waals surface area contributed by atoms with Crippen LogP contribution in [0.5, 0.6) is 5.75 Å². The Labute approximate surface area is 112 Å². The Bertz CT molecular complexity index is 370. The highest BCUT2D eigenvalue weighted by Gasteiger charge is 2.10. The van der Waals surface area contributed by atoms with Crippen LogP contribution in [0.3, 0.4) is 0 Å². The number of rotatable bonds is 4. The van der Waals surface area contributed by atoms with E-state index in [0.29, 0.717) is 17.4 Å². The maximum Gasteiger partial charge on any atom is 0.139 e.